The molecule has 2 aromatic rings. The van der Waals surface area contributed by atoms with Gasteiger partial charge in [0.1, 0.15) is 23.4 Å². The van der Waals surface area contributed by atoms with Gasteiger partial charge in [-0.2, -0.15) is 0 Å². The zero-order valence-corrected chi connectivity index (χ0v) is 20.3. The molecule has 188 valence electrons. The van der Waals surface area contributed by atoms with Gasteiger partial charge in [-0.1, -0.05) is 6.07 Å². The minimum atomic E-state index is -0.412. The molecule has 1 aliphatic carbocycles. The number of nitrogens with one attached hydrogen (secondary N) is 1. The van der Waals surface area contributed by atoms with Crippen LogP contribution in [0.15, 0.2) is 42.6 Å². The third-order valence-corrected chi connectivity index (χ3v) is 6.18. The molecule has 0 radical (unpaired) electrons. The number of rotatable bonds is 5. The van der Waals surface area contributed by atoms with Gasteiger partial charge in [-0.25, -0.2) is 4.39 Å². The lowest BCUT2D eigenvalue weighted by molar-refractivity contribution is -0.126. The summed E-state index contributed by atoms with van der Waals surface area (Å²) in [6.07, 6.45) is 5.44. The number of hydrogen-bond donors (Lipinski definition) is 1. The number of nitrogens with zero attached hydrogens (tertiary/aromatic N) is 3. The molecule has 9 heteroatoms. The van der Waals surface area contributed by atoms with E-state index in [9.17, 15) is 14.0 Å². The van der Waals surface area contributed by atoms with Crippen LogP contribution in [0.5, 0.6) is 5.75 Å². The van der Waals surface area contributed by atoms with Crippen molar-refractivity contribution in [2.45, 2.75) is 50.9 Å². The predicted molar refractivity (Wildman–Crippen MR) is 130 cm³/mol. The molecule has 3 aliphatic rings. The van der Waals surface area contributed by atoms with Crippen LogP contribution in [0, 0.1) is 5.82 Å². The van der Waals surface area contributed by atoms with Gasteiger partial charge in [0, 0.05) is 44.1 Å². The number of halogens is 1. The van der Waals surface area contributed by atoms with E-state index in [0.29, 0.717) is 36.3 Å². The first kappa shape index (κ1) is 25.1. The highest BCUT2D eigenvalue weighted by Crippen LogP contribution is 2.26. The van der Waals surface area contributed by atoms with Crippen LogP contribution in [0.1, 0.15) is 43.1 Å². The smallest absolute Gasteiger partial charge is 0.272 e. The van der Waals surface area contributed by atoms with Gasteiger partial charge in [-0.3, -0.25) is 14.6 Å². The molecule has 1 aromatic carbocycles. The molecule has 0 spiro atoms. The molecule has 8 nitrogen and oxygen atoms in total. The van der Waals surface area contributed by atoms with Crippen molar-refractivity contribution in [2.24, 2.45) is 0 Å². The van der Waals surface area contributed by atoms with Gasteiger partial charge in [0.25, 0.3) is 11.8 Å². The van der Waals surface area contributed by atoms with E-state index in [1.165, 1.54) is 12.1 Å². The maximum absolute atomic E-state index is 12.6. The topological polar surface area (TPSA) is 84.0 Å². The fraction of sp³-hybridized carbons (Fsp3) is 0.500. The molecule has 5 rings (SSSR count). The number of piperazine rings is 1. The third kappa shape index (κ3) is 7.47. The van der Waals surface area contributed by atoms with E-state index in [2.05, 4.69) is 15.2 Å². The Morgan fingerprint density at radius 1 is 1.09 bits per heavy atom. The Morgan fingerprint density at radius 3 is 2.51 bits per heavy atom. The maximum atomic E-state index is 12.6. The molecule has 2 saturated heterocycles. The van der Waals surface area contributed by atoms with Crippen LogP contribution in [0.2, 0.25) is 0 Å². The highest BCUT2D eigenvalue weighted by Gasteiger charge is 2.28. The van der Waals surface area contributed by atoms with E-state index in [1.807, 2.05) is 14.0 Å². The van der Waals surface area contributed by atoms with Crippen LogP contribution >= 0.6 is 0 Å². The SMILES string of the molecule is CC1CCC(C(=O)Nc2ccnc(C(=O)N3CCN(C)CC3)c2)O1.Fc1cccc(OC2CC2)c1. The molecule has 1 saturated carbocycles. The van der Waals surface area contributed by atoms with E-state index in [0.717, 1.165) is 38.8 Å². The number of carbonyl (C=O) groups excluding carboxylic acids is 2. The minimum Gasteiger partial charge on any atom is -0.490 e. The highest BCUT2D eigenvalue weighted by atomic mass is 19.1. The monoisotopic (exact) mass is 484 g/mol. The summed E-state index contributed by atoms with van der Waals surface area (Å²) in [6.45, 7) is 5.08. The lowest BCUT2D eigenvalue weighted by Gasteiger charge is -2.32. The Morgan fingerprint density at radius 2 is 1.86 bits per heavy atom. The summed E-state index contributed by atoms with van der Waals surface area (Å²) >= 11 is 0. The third-order valence-electron chi connectivity index (χ3n) is 6.18. The number of carbonyl (C=O) groups is 2. The first-order valence-corrected chi connectivity index (χ1v) is 12.2. The summed E-state index contributed by atoms with van der Waals surface area (Å²) in [5.41, 5.74) is 0.939. The van der Waals surface area contributed by atoms with E-state index in [1.54, 1.807) is 35.4 Å². The van der Waals surface area contributed by atoms with Crippen molar-refractivity contribution in [1.29, 1.82) is 0 Å². The van der Waals surface area contributed by atoms with E-state index in [4.69, 9.17) is 9.47 Å². The molecule has 2 amide bonds. The molecule has 35 heavy (non-hydrogen) atoms. The average Bonchev–Trinajstić information content (AvgIpc) is 3.55. The van der Waals surface area contributed by atoms with Crippen LogP contribution < -0.4 is 10.1 Å². The second-order valence-corrected chi connectivity index (χ2v) is 9.30. The molecule has 1 aromatic heterocycles. The number of likely N-dealkylation sites (N-methyl/N-ethyl adjacent to an activating group) is 1. The van der Waals surface area contributed by atoms with Gasteiger partial charge in [0.15, 0.2) is 0 Å². The Hall–Kier alpha value is -3.04. The second kappa shape index (κ2) is 11.6. The first-order valence-electron chi connectivity index (χ1n) is 12.2. The summed E-state index contributed by atoms with van der Waals surface area (Å²) in [6, 6.07) is 9.60. The Kier molecular flexibility index (Phi) is 8.30. The summed E-state index contributed by atoms with van der Waals surface area (Å²) in [7, 11) is 2.04. The van der Waals surface area contributed by atoms with Gasteiger partial charge >= 0.3 is 0 Å². The van der Waals surface area contributed by atoms with Crippen molar-refractivity contribution < 1.29 is 23.5 Å². The summed E-state index contributed by atoms with van der Waals surface area (Å²) < 4.78 is 23.5. The molecule has 3 heterocycles. The van der Waals surface area contributed by atoms with Gasteiger partial charge in [-0.15, -0.1) is 0 Å². The van der Waals surface area contributed by atoms with Gasteiger partial charge in [0.05, 0.1) is 12.2 Å². The predicted octanol–water partition coefficient (Wildman–Crippen LogP) is 3.34. The van der Waals surface area contributed by atoms with Crippen molar-refractivity contribution in [1.82, 2.24) is 14.8 Å². The van der Waals surface area contributed by atoms with Crippen LogP contribution in [0.25, 0.3) is 0 Å². The number of ether oxygens (including phenoxy) is 2. The van der Waals surface area contributed by atoms with Gasteiger partial charge in [-0.05, 0) is 63.9 Å². The minimum absolute atomic E-state index is 0.0927. The average molecular weight is 485 g/mol. The standard InChI is InChI=1S/C17H24N4O3.C9H9FO/c1-12-3-4-15(24-12)16(22)19-13-5-6-18-14(11-13)17(23)21-9-7-20(2)8-10-21;10-7-2-1-3-9(6-7)11-8-4-5-8/h5-6,11-12,15H,3-4,7-10H2,1-2H3,(H,18,19,22);1-3,6,8H,4-5H2. The zero-order chi connectivity index (χ0) is 24.8. The molecule has 0 bridgehead atoms. The second-order valence-electron chi connectivity index (χ2n) is 9.30. The number of aromatic nitrogens is 1. The summed E-state index contributed by atoms with van der Waals surface area (Å²) in [5, 5.41) is 2.83. The quantitative estimate of drug-likeness (QED) is 0.701. The van der Waals surface area contributed by atoms with E-state index < -0.39 is 6.10 Å². The first-order chi connectivity index (χ1) is 16.9. The zero-order valence-electron chi connectivity index (χ0n) is 20.3. The number of anilines is 1. The fourth-order valence-corrected chi connectivity index (χ4v) is 3.93. The lowest BCUT2D eigenvalue weighted by atomic mass is 10.2. The number of benzene rings is 1. The summed E-state index contributed by atoms with van der Waals surface area (Å²) in [5.74, 6) is 0.157. The van der Waals surface area contributed by atoms with Crippen molar-refractivity contribution in [3.63, 3.8) is 0 Å². The largest absolute Gasteiger partial charge is 0.490 e. The number of pyridine rings is 1. The summed E-state index contributed by atoms with van der Waals surface area (Å²) in [4.78, 5) is 32.9. The van der Waals surface area contributed by atoms with Crippen LogP contribution in [-0.2, 0) is 9.53 Å². The fourth-order valence-electron chi connectivity index (χ4n) is 3.93. The maximum Gasteiger partial charge on any atom is 0.272 e. The molecule has 1 N–H and O–H groups in total. The van der Waals surface area contributed by atoms with Crippen molar-refractivity contribution in [2.75, 3.05) is 38.5 Å². The van der Waals surface area contributed by atoms with E-state index >= 15 is 0 Å². The van der Waals surface area contributed by atoms with Crippen LogP contribution in [-0.4, -0.2) is 78.1 Å². The van der Waals surface area contributed by atoms with Crippen molar-refractivity contribution >= 4 is 17.5 Å². The molecule has 2 aliphatic heterocycles. The van der Waals surface area contributed by atoms with Crippen LogP contribution in [0.4, 0.5) is 10.1 Å². The molecule has 3 fully saturated rings. The molecule has 2 unspecified atom stereocenters. The van der Waals surface area contributed by atoms with Gasteiger partial charge < -0.3 is 24.6 Å². The Balaban J connectivity index is 0.000000218. The molecular weight excluding hydrogens is 451 g/mol. The number of amides is 2. The highest BCUT2D eigenvalue weighted by molar-refractivity contribution is 5.97. The van der Waals surface area contributed by atoms with Crippen molar-refractivity contribution in [3.8, 4) is 5.75 Å². The van der Waals surface area contributed by atoms with Gasteiger partial charge in [0.2, 0.25) is 0 Å². The van der Waals surface area contributed by atoms with Crippen molar-refractivity contribution in [3.05, 3.63) is 54.1 Å². The Labute approximate surface area is 205 Å². The molecular formula is C26H33FN4O4. The molecule has 2 atom stereocenters. The number of hydrogen-bond acceptors (Lipinski definition) is 6. The lowest BCUT2D eigenvalue weighted by Crippen LogP contribution is -2.47. The Bertz CT molecular complexity index is 1020. The van der Waals surface area contributed by atoms with E-state index in [-0.39, 0.29) is 23.7 Å². The normalized spacial score (nSPS) is 22.2. The van der Waals surface area contributed by atoms with Crippen LogP contribution in [0.3, 0.4) is 0 Å².